The van der Waals surface area contributed by atoms with Gasteiger partial charge in [0, 0.05) is 40.8 Å². The number of fused-ring (bicyclic) bond motifs is 1. The molecular weight excluding hydrogens is 611 g/mol. The highest BCUT2D eigenvalue weighted by Crippen LogP contribution is 2.45. The van der Waals surface area contributed by atoms with Gasteiger partial charge >= 0.3 is 0 Å². The first-order valence-corrected chi connectivity index (χ1v) is 15.6. The standard InChI is InChI=1S/C31H24Cl2N4O5S/c32-23-9-5-20(6-10-23)26-27(21-7-11-24(33)12-8-21)29-36(31(39)28(26)30(38)35-15-17-42-18-16-35)13-14-37(29)43(40,41)25-4-2-1-3-22(25)19-34/h1-12H,13-18H2. The second-order valence-corrected chi connectivity index (χ2v) is 12.7. The van der Waals surface area contributed by atoms with E-state index in [4.69, 9.17) is 27.9 Å². The number of morpholine rings is 1. The van der Waals surface area contributed by atoms with Crippen LogP contribution in [0.3, 0.4) is 0 Å². The summed E-state index contributed by atoms with van der Waals surface area (Å²) in [5.74, 6) is -0.372. The zero-order valence-corrected chi connectivity index (χ0v) is 25.0. The first-order valence-electron chi connectivity index (χ1n) is 13.4. The van der Waals surface area contributed by atoms with Crippen LogP contribution in [0.1, 0.15) is 15.9 Å². The highest BCUT2D eigenvalue weighted by molar-refractivity contribution is 7.93. The van der Waals surface area contributed by atoms with Gasteiger partial charge in [-0.15, -0.1) is 0 Å². The molecule has 0 atom stereocenters. The number of rotatable bonds is 5. The number of aromatic nitrogens is 1. The minimum atomic E-state index is -4.32. The van der Waals surface area contributed by atoms with E-state index >= 15 is 0 Å². The van der Waals surface area contributed by atoms with E-state index in [1.165, 1.54) is 16.7 Å². The van der Waals surface area contributed by atoms with E-state index < -0.39 is 21.5 Å². The lowest BCUT2D eigenvalue weighted by atomic mass is 9.90. The number of halogens is 2. The molecule has 1 saturated heterocycles. The van der Waals surface area contributed by atoms with Gasteiger partial charge in [0.1, 0.15) is 22.3 Å². The molecule has 43 heavy (non-hydrogen) atoms. The second-order valence-electron chi connectivity index (χ2n) is 10.0. The molecule has 3 heterocycles. The molecule has 0 saturated carbocycles. The number of carbonyl (C=O) groups is 1. The fourth-order valence-electron chi connectivity index (χ4n) is 5.53. The van der Waals surface area contributed by atoms with Crippen LogP contribution in [0.25, 0.3) is 22.3 Å². The molecule has 0 N–H and O–H groups in total. The van der Waals surface area contributed by atoms with E-state index in [9.17, 15) is 23.3 Å². The van der Waals surface area contributed by atoms with Crippen molar-refractivity contribution in [1.29, 1.82) is 5.26 Å². The molecule has 6 rings (SSSR count). The molecule has 12 heteroatoms. The summed E-state index contributed by atoms with van der Waals surface area (Å²) < 4.78 is 36.4. The van der Waals surface area contributed by atoms with Crippen LogP contribution in [0, 0.1) is 11.3 Å². The average Bonchev–Trinajstić information content (AvgIpc) is 3.49. The van der Waals surface area contributed by atoms with E-state index in [0.29, 0.717) is 53.0 Å². The van der Waals surface area contributed by atoms with Crippen LogP contribution in [0.5, 0.6) is 0 Å². The molecule has 0 unspecified atom stereocenters. The summed E-state index contributed by atoms with van der Waals surface area (Å²) >= 11 is 12.5. The highest BCUT2D eigenvalue weighted by atomic mass is 35.5. The van der Waals surface area contributed by atoms with Crippen molar-refractivity contribution >= 4 is 45.0 Å². The number of hydrogen-bond acceptors (Lipinski definition) is 6. The number of amides is 1. The fourth-order valence-corrected chi connectivity index (χ4v) is 7.40. The van der Waals surface area contributed by atoms with Crippen LogP contribution < -0.4 is 9.86 Å². The Morgan fingerprint density at radius 3 is 2.00 bits per heavy atom. The van der Waals surface area contributed by atoms with Crippen molar-refractivity contribution in [2.45, 2.75) is 11.4 Å². The molecule has 9 nitrogen and oxygen atoms in total. The van der Waals surface area contributed by atoms with Gasteiger partial charge in [0.25, 0.3) is 21.5 Å². The van der Waals surface area contributed by atoms with Crippen LogP contribution in [0.4, 0.5) is 5.82 Å². The number of hydrogen-bond donors (Lipinski definition) is 0. The molecule has 2 aliphatic heterocycles. The van der Waals surface area contributed by atoms with Crippen molar-refractivity contribution in [2.75, 3.05) is 37.2 Å². The van der Waals surface area contributed by atoms with Crippen LogP contribution in [-0.2, 0) is 21.3 Å². The van der Waals surface area contributed by atoms with Gasteiger partial charge in [-0.05, 0) is 47.5 Å². The first-order chi connectivity index (χ1) is 20.7. The molecule has 0 aliphatic carbocycles. The minimum Gasteiger partial charge on any atom is -0.378 e. The molecule has 0 bridgehead atoms. The third-order valence-electron chi connectivity index (χ3n) is 7.55. The average molecular weight is 636 g/mol. The topological polar surface area (TPSA) is 113 Å². The Bertz CT molecular complexity index is 1950. The summed E-state index contributed by atoms with van der Waals surface area (Å²) in [5.41, 5.74) is 0.995. The lowest BCUT2D eigenvalue weighted by Gasteiger charge is -2.29. The summed E-state index contributed by atoms with van der Waals surface area (Å²) in [7, 11) is -4.32. The molecule has 4 aromatic rings. The van der Waals surface area contributed by atoms with Crippen LogP contribution in [0.15, 0.2) is 82.5 Å². The Hall–Kier alpha value is -4.14. The van der Waals surface area contributed by atoms with Crippen molar-refractivity contribution in [3.63, 3.8) is 0 Å². The lowest BCUT2D eigenvalue weighted by Crippen LogP contribution is -2.43. The molecule has 1 fully saturated rings. The zero-order chi connectivity index (χ0) is 30.3. The molecule has 1 aromatic heterocycles. The summed E-state index contributed by atoms with van der Waals surface area (Å²) in [5, 5.41) is 10.6. The summed E-state index contributed by atoms with van der Waals surface area (Å²) in [6, 6.07) is 21.3. The number of benzene rings is 3. The normalized spacial score (nSPS) is 14.8. The van der Waals surface area contributed by atoms with Crippen LogP contribution in [0.2, 0.25) is 10.0 Å². The molecule has 1 amide bonds. The third kappa shape index (κ3) is 5.08. The van der Waals surface area contributed by atoms with Gasteiger partial charge in [-0.2, -0.15) is 5.26 Å². The van der Waals surface area contributed by atoms with Crippen molar-refractivity contribution in [3.8, 4) is 28.3 Å². The van der Waals surface area contributed by atoms with Crippen molar-refractivity contribution in [3.05, 3.63) is 104 Å². The Kier molecular flexibility index (Phi) is 7.75. The Morgan fingerprint density at radius 2 is 1.40 bits per heavy atom. The zero-order valence-electron chi connectivity index (χ0n) is 22.7. The maximum atomic E-state index is 14.3. The van der Waals surface area contributed by atoms with Gasteiger partial charge in [0.05, 0.1) is 25.3 Å². The molecule has 0 radical (unpaired) electrons. The smallest absolute Gasteiger partial charge is 0.266 e. The molecule has 3 aromatic carbocycles. The largest absolute Gasteiger partial charge is 0.378 e. The number of nitrogens with zero attached hydrogens (tertiary/aromatic N) is 4. The molecule has 2 aliphatic rings. The van der Waals surface area contributed by atoms with E-state index in [0.717, 1.165) is 4.31 Å². The summed E-state index contributed by atoms with van der Waals surface area (Å²) in [6.45, 7) is 1.22. The predicted octanol–water partition coefficient (Wildman–Crippen LogP) is 5.04. The highest BCUT2D eigenvalue weighted by Gasteiger charge is 2.40. The van der Waals surface area contributed by atoms with Crippen LogP contribution >= 0.6 is 23.2 Å². The number of ether oxygens (including phenoxy) is 1. The van der Waals surface area contributed by atoms with Gasteiger partial charge < -0.3 is 9.64 Å². The molecular formula is C31H24Cl2N4O5S. The number of anilines is 1. The molecule has 0 spiro atoms. The quantitative estimate of drug-likeness (QED) is 0.304. The fraction of sp³-hybridized carbons (Fsp3) is 0.194. The Labute approximate surface area is 258 Å². The Morgan fingerprint density at radius 1 is 0.814 bits per heavy atom. The van der Waals surface area contributed by atoms with E-state index in [-0.39, 0.29) is 40.5 Å². The number of nitriles is 1. The minimum absolute atomic E-state index is 0.00694. The van der Waals surface area contributed by atoms with Crippen molar-refractivity contribution in [1.82, 2.24) is 9.47 Å². The first kappa shape index (κ1) is 29.0. The van der Waals surface area contributed by atoms with Gasteiger partial charge in [-0.1, -0.05) is 59.6 Å². The van der Waals surface area contributed by atoms with E-state index in [1.807, 2.05) is 6.07 Å². The van der Waals surface area contributed by atoms with E-state index in [1.54, 1.807) is 65.6 Å². The van der Waals surface area contributed by atoms with Gasteiger partial charge in [0.15, 0.2) is 0 Å². The number of sulfonamides is 1. The van der Waals surface area contributed by atoms with Gasteiger partial charge in [0.2, 0.25) is 0 Å². The SMILES string of the molecule is N#Cc1ccccc1S(=O)(=O)N1CCn2c1c(-c1ccc(Cl)cc1)c(-c1ccc(Cl)cc1)c(C(=O)N1CCOCC1)c2=O. The maximum Gasteiger partial charge on any atom is 0.266 e. The number of carbonyl (C=O) groups excluding carboxylic acids is 1. The monoisotopic (exact) mass is 634 g/mol. The lowest BCUT2D eigenvalue weighted by molar-refractivity contribution is 0.0302. The molecule has 218 valence electrons. The van der Waals surface area contributed by atoms with Crippen molar-refractivity contribution in [2.24, 2.45) is 0 Å². The number of pyridine rings is 1. The van der Waals surface area contributed by atoms with Gasteiger partial charge in [-0.25, -0.2) is 12.7 Å². The third-order valence-corrected chi connectivity index (χ3v) is 9.91. The predicted molar refractivity (Wildman–Crippen MR) is 164 cm³/mol. The second kappa shape index (κ2) is 11.5. The summed E-state index contributed by atoms with van der Waals surface area (Å²) in [6.07, 6.45) is 0. The van der Waals surface area contributed by atoms with E-state index in [2.05, 4.69) is 0 Å². The Balaban J connectivity index is 1.71. The maximum absolute atomic E-state index is 14.3. The van der Waals surface area contributed by atoms with Gasteiger partial charge in [-0.3, -0.25) is 14.2 Å². The summed E-state index contributed by atoms with van der Waals surface area (Å²) in [4.78, 5) is 29.9. The van der Waals surface area contributed by atoms with Crippen LogP contribution in [-0.4, -0.2) is 56.6 Å². The van der Waals surface area contributed by atoms with Crippen molar-refractivity contribution < 1.29 is 17.9 Å².